The molecule has 0 saturated heterocycles. The molecular formula is C27H26N2O3. The number of fused-ring (bicyclic) bond motifs is 1. The second-order valence-electron chi connectivity index (χ2n) is 7.96. The smallest absolute Gasteiger partial charge is 0.271 e. The summed E-state index contributed by atoms with van der Waals surface area (Å²) in [6.45, 7) is 2.43. The number of hydrogen-bond acceptors (Lipinski definition) is 3. The number of carbonyl (C=O) groups excluding carboxylic acids is 1. The lowest BCUT2D eigenvalue weighted by Gasteiger charge is -2.23. The SMILES string of the molecule is COc1ccc(CN(C)C(=O)c2c(-c3ccccc3C)c3ccccc3c(=O)n2C)cc1. The van der Waals surface area contributed by atoms with E-state index < -0.39 is 0 Å². The molecule has 1 amide bonds. The fraction of sp³-hybridized carbons (Fsp3) is 0.185. The van der Waals surface area contributed by atoms with E-state index in [4.69, 9.17) is 4.74 Å². The molecule has 0 N–H and O–H groups in total. The Morgan fingerprint density at radius 1 is 0.938 bits per heavy atom. The Balaban J connectivity index is 1.88. The summed E-state index contributed by atoms with van der Waals surface area (Å²) in [5.74, 6) is 0.561. The highest BCUT2D eigenvalue weighted by Crippen LogP contribution is 2.33. The fourth-order valence-corrected chi connectivity index (χ4v) is 4.10. The van der Waals surface area contributed by atoms with Gasteiger partial charge in [0.25, 0.3) is 11.5 Å². The first-order chi connectivity index (χ1) is 15.4. The number of nitrogens with zero attached hydrogens (tertiary/aromatic N) is 2. The summed E-state index contributed by atoms with van der Waals surface area (Å²) < 4.78 is 6.70. The van der Waals surface area contributed by atoms with Crippen molar-refractivity contribution in [3.63, 3.8) is 0 Å². The maximum Gasteiger partial charge on any atom is 0.271 e. The quantitative estimate of drug-likeness (QED) is 0.461. The molecule has 0 radical (unpaired) electrons. The average molecular weight is 427 g/mol. The Labute approximate surface area is 187 Å². The zero-order valence-corrected chi connectivity index (χ0v) is 18.8. The van der Waals surface area contributed by atoms with Gasteiger partial charge in [0.2, 0.25) is 0 Å². The molecule has 5 heteroatoms. The topological polar surface area (TPSA) is 51.5 Å². The number of aryl methyl sites for hydroxylation is 1. The predicted octanol–water partition coefficient (Wildman–Crippen LogP) is 4.79. The van der Waals surface area contributed by atoms with Crippen molar-refractivity contribution < 1.29 is 9.53 Å². The largest absolute Gasteiger partial charge is 0.497 e. The van der Waals surface area contributed by atoms with Crippen LogP contribution in [0.15, 0.2) is 77.6 Å². The van der Waals surface area contributed by atoms with Gasteiger partial charge in [-0.05, 0) is 47.2 Å². The van der Waals surface area contributed by atoms with Gasteiger partial charge in [0.1, 0.15) is 11.4 Å². The van der Waals surface area contributed by atoms with Gasteiger partial charge in [-0.25, -0.2) is 0 Å². The summed E-state index contributed by atoms with van der Waals surface area (Å²) in [4.78, 5) is 28.5. The summed E-state index contributed by atoms with van der Waals surface area (Å²) >= 11 is 0. The van der Waals surface area contributed by atoms with E-state index in [0.29, 0.717) is 17.6 Å². The molecule has 4 rings (SSSR count). The van der Waals surface area contributed by atoms with E-state index in [9.17, 15) is 9.59 Å². The molecule has 0 saturated carbocycles. The van der Waals surface area contributed by atoms with E-state index in [1.54, 1.807) is 26.1 Å². The maximum absolute atomic E-state index is 13.7. The summed E-state index contributed by atoms with van der Waals surface area (Å²) in [7, 11) is 5.05. The zero-order valence-electron chi connectivity index (χ0n) is 18.8. The van der Waals surface area contributed by atoms with E-state index in [-0.39, 0.29) is 11.5 Å². The van der Waals surface area contributed by atoms with Crippen LogP contribution in [0.5, 0.6) is 5.75 Å². The molecule has 0 aliphatic heterocycles. The third-order valence-electron chi connectivity index (χ3n) is 5.85. The molecule has 162 valence electrons. The number of pyridine rings is 1. The third-order valence-corrected chi connectivity index (χ3v) is 5.85. The highest BCUT2D eigenvalue weighted by Gasteiger charge is 2.25. The van der Waals surface area contributed by atoms with Crippen molar-refractivity contribution >= 4 is 16.7 Å². The van der Waals surface area contributed by atoms with Gasteiger partial charge in [-0.3, -0.25) is 9.59 Å². The van der Waals surface area contributed by atoms with Crippen LogP contribution in [0.1, 0.15) is 21.6 Å². The normalized spacial score (nSPS) is 10.9. The van der Waals surface area contributed by atoms with Crippen LogP contribution in [0.3, 0.4) is 0 Å². The lowest BCUT2D eigenvalue weighted by Crippen LogP contribution is -2.33. The van der Waals surface area contributed by atoms with Crippen molar-refractivity contribution in [2.45, 2.75) is 13.5 Å². The molecule has 1 heterocycles. The first kappa shape index (κ1) is 21.4. The second-order valence-corrected chi connectivity index (χ2v) is 7.96. The highest BCUT2D eigenvalue weighted by atomic mass is 16.5. The number of hydrogen-bond donors (Lipinski definition) is 0. The van der Waals surface area contributed by atoms with Gasteiger partial charge in [0.05, 0.1) is 7.11 Å². The van der Waals surface area contributed by atoms with Crippen molar-refractivity contribution in [2.24, 2.45) is 7.05 Å². The van der Waals surface area contributed by atoms with Crippen LogP contribution in [0.4, 0.5) is 0 Å². The molecule has 5 nitrogen and oxygen atoms in total. The molecule has 4 aromatic rings. The van der Waals surface area contributed by atoms with Gasteiger partial charge in [-0.15, -0.1) is 0 Å². The molecule has 0 fully saturated rings. The van der Waals surface area contributed by atoms with Crippen molar-refractivity contribution in [1.82, 2.24) is 9.47 Å². The first-order valence-electron chi connectivity index (χ1n) is 10.5. The number of benzene rings is 3. The monoisotopic (exact) mass is 426 g/mol. The Hall–Kier alpha value is -3.86. The van der Waals surface area contributed by atoms with Crippen molar-refractivity contribution in [2.75, 3.05) is 14.2 Å². The third kappa shape index (κ3) is 3.78. The van der Waals surface area contributed by atoms with Gasteiger partial charge >= 0.3 is 0 Å². The van der Waals surface area contributed by atoms with Gasteiger partial charge < -0.3 is 14.2 Å². The average Bonchev–Trinajstić information content (AvgIpc) is 2.82. The molecule has 0 bridgehead atoms. The lowest BCUT2D eigenvalue weighted by atomic mass is 9.93. The number of amides is 1. The highest BCUT2D eigenvalue weighted by molar-refractivity contribution is 6.08. The Morgan fingerprint density at radius 2 is 1.56 bits per heavy atom. The minimum absolute atomic E-state index is 0.181. The summed E-state index contributed by atoms with van der Waals surface area (Å²) in [5, 5.41) is 1.38. The van der Waals surface area contributed by atoms with Crippen LogP contribution < -0.4 is 10.3 Å². The van der Waals surface area contributed by atoms with E-state index in [0.717, 1.165) is 33.4 Å². The molecule has 1 aromatic heterocycles. The minimum atomic E-state index is -0.204. The summed E-state index contributed by atoms with van der Waals surface area (Å²) in [6.07, 6.45) is 0. The number of carbonyl (C=O) groups is 1. The number of rotatable bonds is 5. The van der Waals surface area contributed by atoms with Crippen LogP contribution in [0, 0.1) is 6.92 Å². The predicted molar refractivity (Wildman–Crippen MR) is 128 cm³/mol. The summed E-state index contributed by atoms with van der Waals surface area (Å²) in [6, 6.07) is 23.0. The van der Waals surface area contributed by atoms with Crippen molar-refractivity contribution in [3.05, 3.63) is 100.0 Å². The minimum Gasteiger partial charge on any atom is -0.497 e. The van der Waals surface area contributed by atoms with Crippen molar-refractivity contribution in [3.8, 4) is 16.9 Å². The lowest BCUT2D eigenvalue weighted by molar-refractivity contribution is 0.0775. The molecule has 0 atom stereocenters. The molecule has 0 aliphatic rings. The molecule has 0 unspecified atom stereocenters. The maximum atomic E-state index is 13.7. The first-order valence-corrected chi connectivity index (χ1v) is 10.5. The van der Waals surface area contributed by atoms with E-state index in [1.807, 2.05) is 79.7 Å². The standard InChI is InChI=1S/C27H26N2O3/c1-18-9-5-6-10-21(18)24-22-11-7-8-12-23(22)26(30)29(3)25(24)27(31)28(2)17-19-13-15-20(32-4)16-14-19/h5-16H,17H2,1-4H3. The molecule has 3 aromatic carbocycles. The van der Waals surface area contributed by atoms with Crippen molar-refractivity contribution in [1.29, 1.82) is 0 Å². The van der Waals surface area contributed by atoms with Crippen LogP contribution in [-0.2, 0) is 13.6 Å². The van der Waals surface area contributed by atoms with Gasteiger partial charge in [-0.2, -0.15) is 0 Å². The Kier molecular flexibility index (Phi) is 5.82. The van der Waals surface area contributed by atoms with Gasteiger partial charge in [-0.1, -0.05) is 54.6 Å². The molecular weight excluding hydrogens is 400 g/mol. The zero-order chi connectivity index (χ0) is 22.8. The van der Waals surface area contributed by atoms with Crippen LogP contribution in [0.25, 0.3) is 21.9 Å². The fourth-order valence-electron chi connectivity index (χ4n) is 4.10. The van der Waals surface area contributed by atoms with E-state index in [1.165, 1.54) is 4.57 Å². The second kappa shape index (κ2) is 8.71. The number of ether oxygens (including phenoxy) is 1. The summed E-state index contributed by atoms with van der Waals surface area (Å²) in [5.41, 5.74) is 3.96. The number of aromatic nitrogens is 1. The van der Waals surface area contributed by atoms with E-state index in [2.05, 4.69) is 0 Å². The van der Waals surface area contributed by atoms with Gasteiger partial charge in [0, 0.05) is 31.6 Å². The van der Waals surface area contributed by atoms with E-state index >= 15 is 0 Å². The molecule has 0 aliphatic carbocycles. The molecule has 0 spiro atoms. The Morgan fingerprint density at radius 3 is 2.22 bits per heavy atom. The van der Waals surface area contributed by atoms with Crippen LogP contribution >= 0.6 is 0 Å². The van der Waals surface area contributed by atoms with Gasteiger partial charge in [0.15, 0.2) is 0 Å². The number of methoxy groups -OCH3 is 1. The van der Waals surface area contributed by atoms with Crippen LogP contribution in [0.2, 0.25) is 0 Å². The molecule has 32 heavy (non-hydrogen) atoms. The van der Waals surface area contributed by atoms with Crippen LogP contribution in [-0.4, -0.2) is 29.5 Å². The Bertz CT molecular complexity index is 1350.